The monoisotopic (exact) mass is 286 g/mol. The van der Waals surface area contributed by atoms with Gasteiger partial charge in [-0.15, -0.1) is 0 Å². The third-order valence-electron chi connectivity index (χ3n) is 3.50. The highest BCUT2D eigenvalue weighted by atomic mass is 16.5. The van der Waals surface area contributed by atoms with Crippen LogP contribution in [0.5, 0.6) is 11.8 Å². The number of fused-ring (bicyclic) bond motifs is 1. The fraction of sp³-hybridized carbons (Fsp3) is 0.333. The summed E-state index contributed by atoms with van der Waals surface area (Å²) in [5.41, 5.74) is 2.69. The number of phenolic OH excluding ortho intramolecular Hbond substituents is 1. The van der Waals surface area contributed by atoms with Gasteiger partial charge in [0.1, 0.15) is 11.6 Å². The van der Waals surface area contributed by atoms with Gasteiger partial charge in [0.2, 0.25) is 0 Å². The average molecular weight is 286 g/mol. The second-order valence-corrected chi connectivity index (χ2v) is 4.88. The van der Waals surface area contributed by atoms with Gasteiger partial charge in [-0.1, -0.05) is 12.1 Å². The van der Waals surface area contributed by atoms with E-state index in [4.69, 9.17) is 4.74 Å². The number of hydrogen-bond donors (Lipinski definition) is 3. The smallest absolute Gasteiger partial charge is 0.318 e. The van der Waals surface area contributed by atoms with Gasteiger partial charge in [-0.05, 0) is 25.1 Å². The SMILES string of the molecule is COc1nc2c(c(Nc3ccccc3O)n1)CCNCC2. The molecule has 0 bridgehead atoms. The Kier molecular flexibility index (Phi) is 3.87. The molecule has 0 spiro atoms. The molecule has 0 amide bonds. The third-order valence-corrected chi connectivity index (χ3v) is 3.50. The van der Waals surface area contributed by atoms with E-state index in [0.717, 1.165) is 37.2 Å². The summed E-state index contributed by atoms with van der Waals surface area (Å²) in [4.78, 5) is 8.84. The van der Waals surface area contributed by atoms with Crippen molar-refractivity contribution in [2.45, 2.75) is 12.8 Å². The molecule has 0 saturated carbocycles. The van der Waals surface area contributed by atoms with Crippen LogP contribution in [-0.2, 0) is 12.8 Å². The van der Waals surface area contributed by atoms with Gasteiger partial charge < -0.3 is 20.5 Å². The molecule has 21 heavy (non-hydrogen) atoms. The van der Waals surface area contributed by atoms with Gasteiger partial charge in [-0.2, -0.15) is 9.97 Å². The van der Waals surface area contributed by atoms with Crippen LogP contribution in [0.3, 0.4) is 0 Å². The zero-order valence-corrected chi connectivity index (χ0v) is 11.9. The number of nitrogens with one attached hydrogen (secondary N) is 2. The lowest BCUT2D eigenvalue weighted by molar-refractivity contribution is 0.378. The van der Waals surface area contributed by atoms with Crippen molar-refractivity contribution in [2.24, 2.45) is 0 Å². The highest BCUT2D eigenvalue weighted by Crippen LogP contribution is 2.29. The Labute approximate surface area is 123 Å². The molecule has 110 valence electrons. The molecule has 1 aliphatic rings. The maximum atomic E-state index is 9.91. The molecular formula is C15H18N4O2. The van der Waals surface area contributed by atoms with Crippen LogP contribution in [0.1, 0.15) is 11.3 Å². The van der Waals surface area contributed by atoms with Gasteiger partial charge >= 0.3 is 6.01 Å². The van der Waals surface area contributed by atoms with E-state index in [1.165, 1.54) is 0 Å². The van der Waals surface area contributed by atoms with Crippen LogP contribution in [0.15, 0.2) is 24.3 Å². The molecule has 0 fully saturated rings. The van der Waals surface area contributed by atoms with Gasteiger partial charge in [0.05, 0.1) is 18.5 Å². The van der Waals surface area contributed by atoms with E-state index in [1.54, 1.807) is 19.2 Å². The predicted octanol–water partition coefficient (Wildman–Crippen LogP) is 1.62. The van der Waals surface area contributed by atoms with E-state index in [2.05, 4.69) is 20.6 Å². The molecule has 0 saturated heterocycles. The number of hydrogen-bond acceptors (Lipinski definition) is 6. The molecular weight excluding hydrogens is 268 g/mol. The first-order chi connectivity index (χ1) is 10.3. The van der Waals surface area contributed by atoms with Crippen LogP contribution in [0, 0.1) is 0 Å². The van der Waals surface area contributed by atoms with Crippen LogP contribution in [0.2, 0.25) is 0 Å². The van der Waals surface area contributed by atoms with E-state index in [-0.39, 0.29) is 5.75 Å². The van der Waals surface area contributed by atoms with Crippen molar-refractivity contribution in [1.29, 1.82) is 0 Å². The average Bonchev–Trinajstić information content (AvgIpc) is 2.74. The van der Waals surface area contributed by atoms with Crippen LogP contribution in [-0.4, -0.2) is 35.3 Å². The van der Waals surface area contributed by atoms with E-state index in [1.807, 2.05) is 12.1 Å². The maximum Gasteiger partial charge on any atom is 0.318 e. The fourth-order valence-corrected chi connectivity index (χ4v) is 2.42. The summed E-state index contributed by atoms with van der Waals surface area (Å²) >= 11 is 0. The largest absolute Gasteiger partial charge is 0.506 e. The molecule has 3 rings (SSSR count). The molecule has 0 aliphatic carbocycles. The fourth-order valence-electron chi connectivity index (χ4n) is 2.42. The zero-order chi connectivity index (χ0) is 14.7. The first kappa shape index (κ1) is 13.6. The summed E-state index contributed by atoms with van der Waals surface area (Å²) in [5.74, 6) is 0.887. The minimum atomic E-state index is 0.190. The quantitative estimate of drug-likeness (QED) is 0.744. The molecule has 0 atom stereocenters. The van der Waals surface area contributed by atoms with Gasteiger partial charge in [0.25, 0.3) is 0 Å². The molecule has 0 radical (unpaired) electrons. The molecule has 1 aromatic heterocycles. The van der Waals surface area contributed by atoms with Crippen molar-refractivity contribution in [2.75, 3.05) is 25.5 Å². The Bertz CT molecular complexity index is 646. The summed E-state index contributed by atoms with van der Waals surface area (Å²) < 4.78 is 5.18. The lowest BCUT2D eigenvalue weighted by Crippen LogP contribution is -2.16. The topological polar surface area (TPSA) is 79.3 Å². The molecule has 0 unspecified atom stereocenters. The van der Waals surface area contributed by atoms with Gasteiger partial charge in [0.15, 0.2) is 0 Å². The Morgan fingerprint density at radius 1 is 1.19 bits per heavy atom. The van der Waals surface area contributed by atoms with Crippen molar-refractivity contribution >= 4 is 11.5 Å². The Hall–Kier alpha value is -2.34. The van der Waals surface area contributed by atoms with Crippen molar-refractivity contribution < 1.29 is 9.84 Å². The Morgan fingerprint density at radius 2 is 2.00 bits per heavy atom. The normalized spacial score (nSPS) is 14.1. The summed E-state index contributed by atoms with van der Waals surface area (Å²) in [5, 5.41) is 16.5. The van der Waals surface area contributed by atoms with Gasteiger partial charge in [-0.3, -0.25) is 0 Å². The highest BCUT2D eigenvalue weighted by molar-refractivity contribution is 5.66. The number of aromatic hydroxyl groups is 1. The summed E-state index contributed by atoms with van der Waals surface area (Å²) in [6, 6.07) is 7.44. The van der Waals surface area contributed by atoms with Crippen molar-refractivity contribution in [3.05, 3.63) is 35.5 Å². The van der Waals surface area contributed by atoms with E-state index < -0.39 is 0 Å². The Balaban J connectivity index is 2.02. The summed E-state index contributed by atoms with van der Waals surface area (Å²) in [6.07, 6.45) is 1.68. The highest BCUT2D eigenvalue weighted by Gasteiger charge is 2.17. The second-order valence-electron chi connectivity index (χ2n) is 4.88. The predicted molar refractivity (Wildman–Crippen MR) is 80.3 cm³/mol. The number of aromatic nitrogens is 2. The van der Waals surface area contributed by atoms with Crippen LogP contribution in [0.4, 0.5) is 11.5 Å². The zero-order valence-electron chi connectivity index (χ0n) is 11.9. The lowest BCUT2D eigenvalue weighted by atomic mass is 10.1. The van der Waals surface area contributed by atoms with Crippen LogP contribution in [0.25, 0.3) is 0 Å². The number of methoxy groups -OCH3 is 1. The summed E-state index contributed by atoms with van der Waals surface area (Å²) in [7, 11) is 1.56. The molecule has 3 N–H and O–H groups in total. The number of rotatable bonds is 3. The number of anilines is 2. The maximum absolute atomic E-state index is 9.91. The Morgan fingerprint density at radius 3 is 2.81 bits per heavy atom. The molecule has 6 nitrogen and oxygen atoms in total. The number of para-hydroxylation sites is 2. The number of nitrogens with zero attached hydrogens (tertiary/aromatic N) is 2. The molecule has 6 heteroatoms. The standard InChI is InChI=1S/C15H18N4O2/c1-21-15-18-11-7-9-16-8-6-10(11)14(19-15)17-12-4-2-3-5-13(12)20/h2-5,16,20H,6-9H2,1H3,(H,17,18,19). The van der Waals surface area contributed by atoms with E-state index in [0.29, 0.717) is 17.5 Å². The van der Waals surface area contributed by atoms with Crippen molar-refractivity contribution in [3.8, 4) is 11.8 Å². The minimum absolute atomic E-state index is 0.190. The molecule has 1 aliphatic heterocycles. The molecule has 1 aromatic carbocycles. The lowest BCUT2D eigenvalue weighted by Gasteiger charge is -2.14. The first-order valence-electron chi connectivity index (χ1n) is 6.97. The first-order valence-corrected chi connectivity index (χ1v) is 6.97. The summed E-state index contributed by atoms with van der Waals surface area (Å²) in [6.45, 7) is 1.78. The van der Waals surface area contributed by atoms with Crippen LogP contribution >= 0.6 is 0 Å². The van der Waals surface area contributed by atoms with Crippen LogP contribution < -0.4 is 15.4 Å². The van der Waals surface area contributed by atoms with Crippen molar-refractivity contribution in [1.82, 2.24) is 15.3 Å². The number of ether oxygens (including phenoxy) is 1. The molecule has 2 aromatic rings. The second kappa shape index (κ2) is 5.97. The molecule has 2 heterocycles. The number of phenols is 1. The number of benzene rings is 1. The third kappa shape index (κ3) is 2.90. The van der Waals surface area contributed by atoms with Gasteiger partial charge in [-0.25, -0.2) is 0 Å². The minimum Gasteiger partial charge on any atom is -0.506 e. The van der Waals surface area contributed by atoms with E-state index >= 15 is 0 Å². The van der Waals surface area contributed by atoms with E-state index in [9.17, 15) is 5.11 Å². The van der Waals surface area contributed by atoms with Crippen molar-refractivity contribution in [3.63, 3.8) is 0 Å². The van der Waals surface area contributed by atoms with Gasteiger partial charge in [0, 0.05) is 18.5 Å².